The van der Waals surface area contributed by atoms with Gasteiger partial charge in [0.15, 0.2) is 0 Å². The molecule has 9 rings (SSSR count). The Labute approximate surface area is 343 Å². The number of allylic oxidation sites excluding steroid dienone is 4. The number of hydrogen-bond donors (Lipinski definition) is 0. The van der Waals surface area contributed by atoms with E-state index >= 15 is 0 Å². The molecular formula is C56H46N2. The molecule has 0 N–H and O–H groups in total. The van der Waals surface area contributed by atoms with Gasteiger partial charge in [-0.1, -0.05) is 172 Å². The molecule has 2 nitrogen and oxygen atoms in total. The molecule has 0 bridgehead atoms. The molecule has 0 radical (unpaired) electrons. The Morgan fingerprint density at radius 1 is 0.500 bits per heavy atom. The fourth-order valence-corrected chi connectivity index (χ4v) is 8.48. The van der Waals surface area contributed by atoms with Crippen LogP contribution in [0.4, 0.5) is 28.4 Å². The van der Waals surface area contributed by atoms with Crippen molar-refractivity contribution in [3.63, 3.8) is 0 Å². The summed E-state index contributed by atoms with van der Waals surface area (Å²) in [5.74, 6) is 0. The van der Waals surface area contributed by atoms with Gasteiger partial charge in [-0.05, 0) is 123 Å². The van der Waals surface area contributed by atoms with Crippen LogP contribution in [0.25, 0.3) is 38.6 Å². The van der Waals surface area contributed by atoms with Gasteiger partial charge in [0.1, 0.15) is 0 Å². The van der Waals surface area contributed by atoms with E-state index < -0.39 is 0 Å². The summed E-state index contributed by atoms with van der Waals surface area (Å²) in [6.45, 7) is 9.00. The van der Waals surface area contributed by atoms with E-state index in [0.29, 0.717) is 0 Å². The highest BCUT2D eigenvalue weighted by molar-refractivity contribution is 5.99. The molecule has 0 fully saturated rings. The minimum atomic E-state index is 0.0986. The minimum absolute atomic E-state index is 0.0986. The van der Waals surface area contributed by atoms with Crippen molar-refractivity contribution in [1.29, 1.82) is 0 Å². The largest absolute Gasteiger partial charge is 0.311 e. The number of benzene rings is 8. The lowest BCUT2D eigenvalue weighted by Gasteiger charge is -2.27. The smallest absolute Gasteiger partial charge is 0.0540 e. The van der Waals surface area contributed by atoms with Crippen LogP contribution in [0.2, 0.25) is 0 Å². The van der Waals surface area contributed by atoms with Gasteiger partial charge in [-0.15, -0.1) is 0 Å². The Kier molecular flexibility index (Phi) is 9.91. The van der Waals surface area contributed by atoms with Crippen LogP contribution >= 0.6 is 0 Å². The van der Waals surface area contributed by atoms with Crippen molar-refractivity contribution >= 4 is 44.8 Å². The molecule has 0 unspecified atom stereocenters. The van der Waals surface area contributed by atoms with Crippen LogP contribution in [0, 0.1) is 0 Å². The fraction of sp³-hybridized carbons (Fsp3) is 0.0714. The zero-order valence-corrected chi connectivity index (χ0v) is 33.1. The number of nitrogens with zero attached hydrogens (tertiary/aromatic N) is 2. The first-order valence-corrected chi connectivity index (χ1v) is 20.1. The van der Waals surface area contributed by atoms with Crippen LogP contribution in [-0.2, 0) is 5.41 Å². The number of hydrogen-bond acceptors (Lipinski definition) is 2. The molecule has 1 aliphatic carbocycles. The maximum absolute atomic E-state index is 4.32. The Morgan fingerprint density at radius 2 is 1.00 bits per heavy atom. The number of fused-ring (bicyclic) bond motifs is 2. The predicted octanol–water partition coefficient (Wildman–Crippen LogP) is 15.6. The first kappa shape index (κ1) is 36.5. The Hall–Kier alpha value is -7.16. The third-order valence-corrected chi connectivity index (χ3v) is 11.4. The lowest BCUT2D eigenvalue weighted by Crippen LogP contribution is -2.15. The van der Waals surface area contributed by atoms with Crippen molar-refractivity contribution in [3.05, 3.63) is 242 Å². The van der Waals surface area contributed by atoms with Gasteiger partial charge in [-0.2, -0.15) is 0 Å². The Balaban J connectivity index is 1.06. The first-order valence-electron chi connectivity index (χ1n) is 20.1. The molecule has 2 heteroatoms. The van der Waals surface area contributed by atoms with Gasteiger partial charge in [0.25, 0.3) is 0 Å². The van der Waals surface area contributed by atoms with Crippen molar-refractivity contribution in [2.24, 2.45) is 0 Å². The van der Waals surface area contributed by atoms with E-state index in [9.17, 15) is 0 Å². The maximum atomic E-state index is 4.32. The molecule has 8 aromatic rings. The maximum Gasteiger partial charge on any atom is 0.0540 e. The number of rotatable bonds is 10. The van der Waals surface area contributed by atoms with Gasteiger partial charge in [0.2, 0.25) is 0 Å². The predicted molar refractivity (Wildman–Crippen MR) is 248 cm³/mol. The van der Waals surface area contributed by atoms with Gasteiger partial charge in [-0.3, -0.25) is 0 Å². The minimum Gasteiger partial charge on any atom is -0.311 e. The Bertz CT molecular complexity index is 2750. The van der Waals surface area contributed by atoms with E-state index in [2.05, 4.69) is 243 Å². The van der Waals surface area contributed by atoms with Crippen LogP contribution < -0.4 is 9.80 Å². The quantitative estimate of drug-likeness (QED) is 0.129. The molecule has 58 heavy (non-hydrogen) atoms. The summed E-state index contributed by atoms with van der Waals surface area (Å²) in [4.78, 5) is 4.65. The third kappa shape index (κ3) is 7.17. The third-order valence-electron chi connectivity index (χ3n) is 11.4. The highest BCUT2D eigenvalue weighted by Gasteiger charge is 2.32. The first-order chi connectivity index (χ1) is 28.5. The van der Waals surface area contributed by atoms with Crippen LogP contribution in [-0.4, -0.2) is 0 Å². The highest BCUT2D eigenvalue weighted by atomic mass is 15.1. The van der Waals surface area contributed by atoms with Crippen LogP contribution in [0.5, 0.6) is 0 Å². The van der Waals surface area contributed by atoms with Crippen molar-refractivity contribution in [3.8, 4) is 22.3 Å². The van der Waals surface area contributed by atoms with E-state index in [1.807, 2.05) is 6.08 Å². The van der Waals surface area contributed by atoms with Crippen molar-refractivity contribution in [1.82, 2.24) is 0 Å². The molecule has 0 atom stereocenters. The van der Waals surface area contributed by atoms with Crippen LogP contribution in [0.1, 0.15) is 31.4 Å². The molecule has 0 saturated carbocycles. The molecule has 0 heterocycles. The summed E-state index contributed by atoms with van der Waals surface area (Å²) < 4.78 is 0. The van der Waals surface area contributed by atoms with Crippen molar-refractivity contribution in [2.75, 3.05) is 9.80 Å². The van der Waals surface area contributed by atoms with Crippen molar-refractivity contribution < 1.29 is 0 Å². The zero-order chi connectivity index (χ0) is 39.5. The molecule has 0 saturated heterocycles. The average Bonchev–Trinajstić information content (AvgIpc) is 3.55. The SMILES string of the molecule is C=C/C(=C\C=C1/CC(C)(C)c2ccccc21)N(c1ccc(-c2ccccc2)cc1)c1ccc(-c2ccc(N(c3ccccc3)c3cccc4ccccc34)cc2)cc1. The molecular weight excluding hydrogens is 701 g/mol. The summed E-state index contributed by atoms with van der Waals surface area (Å²) in [5.41, 5.74) is 15.4. The molecule has 1 aliphatic rings. The second-order valence-electron chi connectivity index (χ2n) is 15.6. The van der Waals surface area contributed by atoms with E-state index in [1.165, 1.54) is 38.6 Å². The zero-order valence-electron chi connectivity index (χ0n) is 33.1. The summed E-state index contributed by atoms with van der Waals surface area (Å²) in [5, 5.41) is 2.44. The van der Waals surface area contributed by atoms with E-state index in [0.717, 1.165) is 51.7 Å². The normalized spacial score (nSPS) is 14.0. The van der Waals surface area contributed by atoms with Gasteiger partial charge in [0, 0.05) is 33.8 Å². The Morgan fingerprint density at radius 3 is 1.64 bits per heavy atom. The van der Waals surface area contributed by atoms with Gasteiger partial charge in [0.05, 0.1) is 5.69 Å². The van der Waals surface area contributed by atoms with Crippen LogP contribution in [0.3, 0.4) is 0 Å². The molecule has 0 aromatic heterocycles. The summed E-state index contributed by atoms with van der Waals surface area (Å²) in [6, 6.07) is 71.7. The number of anilines is 5. The second-order valence-corrected chi connectivity index (χ2v) is 15.6. The van der Waals surface area contributed by atoms with Gasteiger partial charge < -0.3 is 9.80 Å². The monoisotopic (exact) mass is 746 g/mol. The fourth-order valence-electron chi connectivity index (χ4n) is 8.48. The van der Waals surface area contributed by atoms with Gasteiger partial charge >= 0.3 is 0 Å². The summed E-state index contributed by atoms with van der Waals surface area (Å²) >= 11 is 0. The average molecular weight is 747 g/mol. The summed E-state index contributed by atoms with van der Waals surface area (Å²) in [6.07, 6.45) is 7.49. The lowest BCUT2D eigenvalue weighted by molar-refractivity contribution is 0.563. The number of para-hydroxylation sites is 1. The van der Waals surface area contributed by atoms with E-state index in [-0.39, 0.29) is 5.41 Å². The topological polar surface area (TPSA) is 6.48 Å². The van der Waals surface area contributed by atoms with Crippen molar-refractivity contribution in [2.45, 2.75) is 25.7 Å². The molecule has 0 amide bonds. The molecule has 0 spiro atoms. The highest BCUT2D eigenvalue weighted by Crippen LogP contribution is 2.45. The second kappa shape index (κ2) is 15.8. The molecule has 0 aliphatic heterocycles. The van der Waals surface area contributed by atoms with Crippen LogP contribution in [0.15, 0.2) is 231 Å². The summed E-state index contributed by atoms with van der Waals surface area (Å²) in [7, 11) is 0. The van der Waals surface area contributed by atoms with E-state index in [4.69, 9.17) is 0 Å². The molecule has 8 aromatic carbocycles. The van der Waals surface area contributed by atoms with E-state index in [1.54, 1.807) is 0 Å². The van der Waals surface area contributed by atoms with Gasteiger partial charge in [-0.25, -0.2) is 0 Å². The lowest BCUT2D eigenvalue weighted by atomic mass is 9.86. The standard InChI is InChI=1S/C56H46N2/c1-4-47(33-32-46-40-56(2,3)54-24-14-13-22-52(46)54)57(49-34-26-42(27-35-49)41-16-7-5-8-17-41)50-36-28-43(29-37-50)44-30-38-51(39-31-44)58(48-20-9-6-10-21-48)55-25-15-19-45-18-11-12-23-53(45)55/h4-39H,1,40H2,2-3H3/b46-32+,47-33+. The molecule has 280 valence electrons.